The number of nitro benzene ring substituents is 1. The Morgan fingerprint density at radius 2 is 2.14 bits per heavy atom. The van der Waals surface area contributed by atoms with Gasteiger partial charge in [0.25, 0.3) is 5.69 Å². The lowest BCUT2D eigenvalue weighted by molar-refractivity contribution is -0.383. The first kappa shape index (κ1) is 15.3. The molecule has 1 aromatic carbocycles. The fourth-order valence-corrected chi connectivity index (χ4v) is 2.12. The fraction of sp³-hybridized carbons (Fsp3) is 0.400. The third-order valence-electron chi connectivity index (χ3n) is 3.65. The van der Waals surface area contributed by atoms with E-state index in [4.69, 9.17) is 5.73 Å². The smallest absolute Gasteiger partial charge is 0.281 e. The lowest BCUT2D eigenvalue weighted by Gasteiger charge is -2.27. The molecule has 2 aromatic rings. The van der Waals surface area contributed by atoms with Crippen LogP contribution in [0.1, 0.15) is 26.3 Å². The standard InChI is InChI=1S/C15H18FN3O2/c1-15(2,3)13(17)7-10-11(16)8-12(19(20)21)9-5-4-6-18-14(9)10/h4-6,8,13H,7,17H2,1-3H3. The maximum Gasteiger partial charge on any atom is 0.281 e. The predicted octanol–water partition coefficient (Wildman–Crippen LogP) is 3.20. The van der Waals surface area contributed by atoms with Crippen LogP contribution in [0.15, 0.2) is 24.4 Å². The van der Waals surface area contributed by atoms with Crippen molar-refractivity contribution in [2.24, 2.45) is 11.1 Å². The molecular weight excluding hydrogens is 273 g/mol. The number of fused-ring (bicyclic) bond motifs is 1. The SMILES string of the molecule is CC(C)(C)C(N)Cc1c(F)cc([N+](=O)[O-])c2cccnc12. The summed E-state index contributed by atoms with van der Waals surface area (Å²) in [4.78, 5) is 14.6. The van der Waals surface area contributed by atoms with E-state index >= 15 is 0 Å². The van der Waals surface area contributed by atoms with E-state index in [1.165, 1.54) is 6.20 Å². The quantitative estimate of drug-likeness (QED) is 0.695. The van der Waals surface area contributed by atoms with Crippen molar-refractivity contribution in [2.75, 3.05) is 0 Å². The van der Waals surface area contributed by atoms with Crippen LogP contribution in [0.25, 0.3) is 10.9 Å². The Kier molecular flexibility index (Phi) is 3.91. The van der Waals surface area contributed by atoms with Crippen molar-refractivity contribution in [1.82, 2.24) is 4.98 Å². The summed E-state index contributed by atoms with van der Waals surface area (Å²) in [7, 11) is 0. The van der Waals surface area contributed by atoms with E-state index < -0.39 is 10.7 Å². The Bertz CT molecular complexity index is 695. The number of non-ortho nitro benzene ring substituents is 1. The molecule has 0 aliphatic rings. The van der Waals surface area contributed by atoms with Crippen molar-refractivity contribution >= 4 is 16.6 Å². The van der Waals surface area contributed by atoms with Crippen LogP contribution in [0.3, 0.4) is 0 Å². The van der Waals surface area contributed by atoms with Crippen LogP contribution < -0.4 is 5.73 Å². The van der Waals surface area contributed by atoms with Crippen molar-refractivity contribution in [3.63, 3.8) is 0 Å². The zero-order valence-electron chi connectivity index (χ0n) is 12.3. The van der Waals surface area contributed by atoms with Crippen LogP contribution >= 0.6 is 0 Å². The number of nitro groups is 1. The van der Waals surface area contributed by atoms with Crippen LogP contribution in [-0.2, 0) is 6.42 Å². The minimum absolute atomic E-state index is 0.199. The Balaban J connectivity index is 2.62. The molecule has 2 N–H and O–H groups in total. The molecule has 0 bridgehead atoms. The molecule has 2 rings (SSSR count). The highest BCUT2D eigenvalue weighted by atomic mass is 19.1. The predicted molar refractivity (Wildman–Crippen MR) is 79.5 cm³/mol. The molecule has 5 nitrogen and oxygen atoms in total. The summed E-state index contributed by atoms with van der Waals surface area (Å²) < 4.78 is 14.3. The van der Waals surface area contributed by atoms with Gasteiger partial charge in [-0.05, 0) is 24.0 Å². The summed E-state index contributed by atoms with van der Waals surface area (Å²) >= 11 is 0. The second-order valence-corrected chi connectivity index (χ2v) is 6.19. The van der Waals surface area contributed by atoms with Gasteiger partial charge in [-0.1, -0.05) is 20.8 Å². The number of hydrogen-bond donors (Lipinski definition) is 1. The summed E-state index contributed by atoms with van der Waals surface area (Å²) in [6.45, 7) is 5.91. The van der Waals surface area contributed by atoms with E-state index in [-0.39, 0.29) is 23.6 Å². The normalized spacial score (nSPS) is 13.4. The van der Waals surface area contributed by atoms with Crippen LogP contribution in [-0.4, -0.2) is 15.9 Å². The summed E-state index contributed by atoms with van der Waals surface area (Å²) in [5.41, 5.74) is 6.28. The minimum atomic E-state index is -0.632. The zero-order chi connectivity index (χ0) is 15.8. The van der Waals surface area contributed by atoms with Gasteiger partial charge >= 0.3 is 0 Å². The van der Waals surface area contributed by atoms with Gasteiger partial charge in [-0.2, -0.15) is 0 Å². The zero-order valence-corrected chi connectivity index (χ0v) is 12.3. The number of nitrogens with zero attached hydrogens (tertiary/aromatic N) is 2. The first-order valence-corrected chi connectivity index (χ1v) is 6.68. The third kappa shape index (κ3) is 3.00. The molecule has 0 saturated heterocycles. The van der Waals surface area contributed by atoms with Gasteiger partial charge < -0.3 is 5.73 Å². The van der Waals surface area contributed by atoms with Gasteiger partial charge in [-0.15, -0.1) is 0 Å². The third-order valence-corrected chi connectivity index (χ3v) is 3.65. The Morgan fingerprint density at radius 3 is 2.71 bits per heavy atom. The average Bonchev–Trinajstić information content (AvgIpc) is 2.40. The average molecular weight is 291 g/mol. The maximum atomic E-state index is 14.3. The number of hydrogen-bond acceptors (Lipinski definition) is 4. The second kappa shape index (κ2) is 5.37. The Hall–Kier alpha value is -2.08. The second-order valence-electron chi connectivity index (χ2n) is 6.19. The molecule has 0 spiro atoms. The molecule has 0 amide bonds. The summed E-state index contributed by atoms with van der Waals surface area (Å²) in [5, 5.41) is 11.4. The molecule has 0 saturated carbocycles. The highest BCUT2D eigenvalue weighted by molar-refractivity contribution is 5.90. The van der Waals surface area contributed by atoms with Gasteiger partial charge in [0.1, 0.15) is 5.82 Å². The first-order valence-electron chi connectivity index (χ1n) is 6.68. The number of aromatic nitrogens is 1. The summed E-state index contributed by atoms with van der Waals surface area (Å²) in [6, 6.07) is 3.85. The van der Waals surface area contributed by atoms with Crippen molar-refractivity contribution in [1.29, 1.82) is 0 Å². The van der Waals surface area contributed by atoms with E-state index in [0.717, 1.165) is 6.07 Å². The topological polar surface area (TPSA) is 82.0 Å². The molecule has 0 radical (unpaired) electrons. The van der Waals surface area contributed by atoms with E-state index in [0.29, 0.717) is 16.5 Å². The minimum Gasteiger partial charge on any atom is -0.327 e. The number of halogens is 1. The fourth-order valence-electron chi connectivity index (χ4n) is 2.12. The van der Waals surface area contributed by atoms with Crippen molar-refractivity contribution in [2.45, 2.75) is 33.2 Å². The van der Waals surface area contributed by atoms with Crippen LogP contribution in [0.4, 0.5) is 10.1 Å². The van der Waals surface area contributed by atoms with Crippen LogP contribution in [0.2, 0.25) is 0 Å². The molecule has 1 heterocycles. The first-order chi connectivity index (χ1) is 9.71. The molecule has 0 fully saturated rings. The molecule has 6 heteroatoms. The summed E-state index contributed by atoms with van der Waals surface area (Å²) in [6.07, 6.45) is 1.78. The molecule has 1 aromatic heterocycles. The molecular formula is C15H18FN3O2. The van der Waals surface area contributed by atoms with Gasteiger partial charge in [0.15, 0.2) is 0 Å². The number of pyridine rings is 1. The molecule has 0 aliphatic heterocycles. The van der Waals surface area contributed by atoms with E-state index in [2.05, 4.69) is 4.98 Å². The maximum absolute atomic E-state index is 14.3. The molecule has 1 atom stereocenters. The van der Waals surface area contributed by atoms with E-state index in [1.54, 1.807) is 12.1 Å². The monoisotopic (exact) mass is 291 g/mol. The highest BCUT2D eigenvalue weighted by Gasteiger charge is 2.26. The lowest BCUT2D eigenvalue weighted by atomic mass is 9.83. The largest absolute Gasteiger partial charge is 0.327 e. The van der Waals surface area contributed by atoms with Crippen LogP contribution in [0.5, 0.6) is 0 Å². The van der Waals surface area contributed by atoms with Gasteiger partial charge in [0, 0.05) is 17.8 Å². The molecule has 0 aliphatic carbocycles. The van der Waals surface area contributed by atoms with Crippen LogP contribution in [0, 0.1) is 21.3 Å². The van der Waals surface area contributed by atoms with E-state index in [1.807, 2.05) is 20.8 Å². The van der Waals surface area contributed by atoms with Gasteiger partial charge in [0.05, 0.1) is 21.9 Å². The number of nitrogens with two attached hydrogens (primary N) is 1. The molecule has 112 valence electrons. The van der Waals surface area contributed by atoms with Gasteiger partial charge in [-0.3, -0.25) is 15.1 Å². The number of benzene rings is 1. The molecule has 1 unspecified atom stereocenters. The van der Waals surface area contributed by atoms with Crippen molar-refractivity contribution < 1.29 is 9.31 Å². The highest BCUT2D eigenvalue weighted by Crippen LogP contribution is 2.31. The molecule has 21 heavy (non-hydrogen) atoms. The van der Waals surface area contributed by atoms with Gasteiger partial charge in [-0.25, -0.2) is 4.39 Å². The summed E-state index contributed by atoms with van der Waals surface area (Å²) in [5.74, 6) is -0.632. The van der Waals surface area contributed by atoms with Crippen molar-refractivity contribution in [3.8, 4) is 0 Å². The van der Waals surface area contributed by atoms with E-state index in [9.17, 15) is 14.5 Å². The Morgan fingerprint density at radius 1 is 1.48 bits per heavy atom. The Labute approximate surface area is 122 Å². The number of rotatable bonds is 3. The lowest BCUT2D eigenvalue weighted by Crippen LogP contribution is -2.37. The van der Waals surface area contributed by atoms with Gasteiger partial charge in [0.2, 0.25) is 0 Å². The van der Waals surface area contributed by atoms with Crippen molar-refractivity contribution in [3.05, 3.63) is 45.9 Å².